The normalized spacial score (nSPS) is 13.7. The fraction of sp³-hybridized carbons (Fsp3) is 0.889. The lowest BCUT2D eigenvalue weighted by atomic mass is 10.2. The molecule has 0 aromatic heterocycles. The number of aliphatic hydroxyl groups excluding tert-OH is 1. The molecule has 4 nitrogen and oxygen atoms in total. The molecular weight excluding hydrogens is 206 g/mol. The van der Waals surface area contributed by atoms with Gasteiger partial charge in [-0.1, -0.05) is 6.92 Å². The number of aliphatic hydroxyl groups is 1. The Kier molecular flexibility index (Phi) is 6.35. The molecule has 0 aliphatic carbocycles. The standard InChI is InChI=1S/C9H18F2N2O2/c1-3-12-7(2)4-8(15)13-5-9(10,11)6-14/h7,12,14H,3-6H2,1-2H3,(H,13,15). The van der Waals surface area contributed by atoms with E-state index in [-0.39, 0.29) is 12.5 Å². The lowest BCUT2D eigenvalue weighted by molar-refractivity contribution is -0.124. The van der Waals surface area contributed by atoms with Crippen molar-refractivity contribution in [1.82, 2.24) is 10.6 Å². The van der Waals surface area contributed by atoms with E-state index >= 15 is 0 Å². The molecule has 0 fully saturated rings. The van der Waals surface area contributed by atoms with Gasteiger partial charge in [-0.3, -0.25) is 4.79 Å². The van der Waals surface area contributed by atoms with Gasteiger partial charge in [0.05, 0.1) is 6.54 Å². The number of carbonyl (C=O) groups excluding carboxylic acids is 1. The summed E-state index contributed by atoms with van der Waals surface area (Å²) in [6.45, 7) is 2.35. The van der Waals surface area contributed by atoms with Crippen molar-refractivity contribution < 1.29 is 18.7 Å². The molecule has 1 amide bonds. The number of carbonyl (C=O) groups is 1. The zero-order valence-corrected chi connectivity index (χ0v) is 9.02. The molecule has 0 aliphatic heterocycles. The Morgan fingerprint density at radius 1 is 1.53 bits per heavy atom. The largest absolute Gasteiger partial charge is 0.390 e. The Labute approximate surface area is 88.0 Å². The van der Waals surface area contributed by atoms with Crippen LogP contribution in [0.3, 0.4) is 0 Å². The maximum atomic E-state index is 12.5. The van der Waals surface area contributed by atoms with E-state index in [0.717, 1.165) is 6.54 Å². The van der Waals surface area contributed by atoms with Gasteiger partial charge in [-0.2, -0.15) is 0 Å². The van der Waals surface area contributed by atoms with Gasteiger partial charge in [-0.15, -0.1) is 0 Å². The first-order valence-electron chi connectivity index (χ1n) is 4.90. The van der Waals surface area contributed by atoms with E-state index in [1.807, 2.05) is 6.92 Å². The topological polar surface area (TPSA) is 61.4 Å². The average molecular weight is 224 g/mol. The quantitative estimate of drug-likeness (QED) is 0.575. The number of amides is 1. The maximum Gasteiger partial charge on any atom is 0.287 e. The fourth-order valence-electron chi connectivity index (χ4n) is 1.05. The van der Waals surface area contributed by atoms with Gasteiger partial charge in [0.2, 0.25) is 5.91 Å². The van der Waals surface area contributed by atoms with E-state index in [4.69, 9.17) is 5.11 Å². The Morgan fingerprint density at radius 3 is 2.60 bits per heavy atom. The smallest absolute Gasteiger partial charge is 0.287 e. The molecule has 0 radical (unpaired) electrons. The number of halogens is 2. The zero-order chi connectivity index (χ0) is 11.9. The molecule has 0 heterocycles. The van der Waals surface area contributed by atoms with Crippen LogP contribution in [0.4, 0.5) is 8.78 Å². The van der Waals surface area contributed by atoms with Gasteiger partial charge in [-0.25, -0.2) is 8.78 Å². The second-order valence-corrected chi connectivity index (χ2v) is 3.45. The van der Waals surface area contributed by atoms with E-state index in [9.17, 15) is 13.6 Å². The highest BCUT2D eigenvalue weighted by Crippen LogP contribution is 2.09. The summed E-state index contributed by atoms with van der Waals surface area (Å²) in [4.78, 5) is 11.1. The molecular formula is C9H18F2N2O2. The molecule has 1 atom stereocenters. The number of hydrogen-bond donors (Lipinski definition) is 3. The van der Waals surface area contributed by atoms with Gasteiger partial charge >= 0.3 is 0 Å². The molecule has 15 heavy (non-hydrogen) atoms. The summed E-state index contributed by atoms with van der Waals surface area (Å²) < 4.78 is 25.0. The van der Waals surface area contributed by atoms with E-state index in [1.54, 1.807) is 6.92 Å². The molecule has 90 valence electrons. The van der Waals surface area contributed by atoms with Crippen LogP contribution in [0.15, 0.2) is 0 Å². The van der Waals surface area contributed by atoms with E-state index in [2.05, 4.69) is 10.6 Å². The summed E-state index contributed by atoms with van der Waals surface area (Å²) in [6, 6.07) is -0.0438. The molecule has 0 aromatic carbocycles. The van der Waals surface area contributed by atoms with Crippen LogP contribution in [-0.4, -0.2) is 42.7 Å². The molecule has 0 saturated heterocycles. The van der Waals surface area contributed by atoms with Crippen molar-refractivity contribution in [3.8, 4) is 0 Å². The molecule has 0 bridgehead atoms. The van der Waals surface area contributed by atoms with E-state index in [0.29, 0.717) is 0 Å². The van der Waals surface area contributed by atoms with Crippen molar-refractivity contribution in [2.75, 3.05) is 19.7 Å². The van der Waals surface area contributed by atoms with Gasteiger partial charge < -0.3 is 15.7 Å². The van der Waals surface area contributed by atoms with Crippen LogP contribution in [0.25, 0.3) is 0 Å². The predicted octanol–water partition coefficient (Wildman–Crippen LogP) is 0.118. The van der Waals surface area contributed by atoms with Crippen LogP contribution in [0.1, 0.15) is 20.3 Å². The summed E-state index contributed by atoms with van der Waals surface area (Å²) in [7, 11) is 0. The first kappa shape index (κ1) is 14.2. The van der Waals surface area contributed by atoms with Crippen LogP contribution in [0, 0.1) is 0 Å². The van der Waals surface area contributed by atoms with Crippen molar-refractivity contribution in [2.45, 2.75) is 32.2 Å². The molecule has 0 rings (SSSR count). The highest BCUT2D eigenvalue weighted by Gasteiger charge is 2.28. The summed E-state index contributed by atoms with van der Waals surface area (Å²) in [5, 5.41) is 13.3. The van der Waals surface area contributed by atoms with Crippen LogP contribution in [-0.2, 0) is 4.79 Å². The predicted molar refractivity (Wildman–Crippen MR) is 52.8 cm³/mol. The highest BCUT2D eigenvalue weighted by atomic mass is 19.3. The minimum absolute atomic E-state index is 0.0438. The zero-order valence-electron chi connectivity index (χ0n) is 9.02. The number of hydrogen-bond acceptors (Lipinski definition) is 3. The van der Waals surface area contributed by atoms with Gasteiger partial charge in [0, 0.05) is 12.5 Å². The second-order valence-electron chi connectivity index (χ2n) is 3.45. The van der Waals surface area contributed by atoms with Gasteiger partial charge in [-0.05, 0) is 13.5 Å². The second kappa shape index (κ2) is 6.68. The summed E-state index contributed by atoms with van der Waals surface area (Å²) in [6.07, 6.45) is 0.148. The Bertz CT molecular complexity index is 201. The Balaban J connectivity index is 3.75. The number of rotatable bonds is 7. The first-order chi connectivity index (χ1) is 6.91. The number of nitrogens with one attached hydrogen (secondary N) is 2. The van der Waals surface area contributed by atoms with Crippen LogP contribution in [0.2, 0.25) is 0 Å². The third-order valence-electron chi connectivity index (χ3n) is 1.82. The molecule has 6 heteroatoms. The molecule has 1 unspecified atom stereocenters. The van der Waals surface area contributed by atoms with Crippen molar-refractivity contribution in [1.29, 1.82) is 0 Å². The van der Waals surface area contributed by atoms with Crippen LogP contribution < -0.4 is 10.6 Å². The van der Waals surface area contributed by atoms with Crippen molar-refractivity contribution in [3.05, 3.63) is 0 Å². The lowest BCUT2D eigenvalue weighted by Gasteiger charge is -2.16. The third-order valence-corrected chi connectivity index (χ3v) is 1.82. The minimum atomic E-state index is -3.24. The van der Waals surface area contributed by atoms with Crippen LogP contribution in [0.5, 0.6) is 0 Å². The molecule has 3 N–H and O–H groups in total. The van der Waals surface area contributed by atoms with Gasteiger partial charge in [0.25, 0.3) is 5.92 Å². The fourth-order valence-corrected chi connectivity index (χ4v) is 1.05. The monoisotopic (exact) mass is 224 g/mol. The summed E-state index contributed by atoms with van der Waals surface area (Å²) in [5.41, 5.74) is 0. The van der Waals surface area contributed by atoms with Gasteiger partial charge in [0.1, 0.15) is 6.61 Å². The highest BCUT2D eigenvalue weighted by molar-refractivity contribution is 5.76. The number of alkyl halides is 2. The molecule has 0 saturated carbocycles. The third kappa shape index (κ3) is 7.21. The Hall–Kier alpha value is -0.750. The van der Waals surface area contributed by atoms with E-state index < -0.39 is 25.0 Å². The molecule has 0 spiro atoms. The summed E-state index contributed by atoms with van der Waals surface area (Å²) in [5.74, 6) is -3.69. The van der Waals surface area contributed by atoms with Crippen molar-refractivity contribution >= 4 is 5.91 Å². The first-order valence-corrected chi connectivity index (χ1v) is 4.90. The van der Waals surface area contributed by atoms with Crippen molar-refractivity contribution in [2.24, 2.45) is 0 Å². The molecule has 0 aromatic rings. The van der Waals surface area contributed by atoms with Crippen LogP contribution >= 0.6 is 0 Å². The SMILES string of the molecule is CCNC(C)CC(=O)NCC(F)(F)CO. The maximum absolute atomic E-state index is 12.5. The molecule has 0 aliphatic rings. The average Bonchev–Trinajstić information content (AvgIpc) is 2.15. The van der Waals surface area contributed by atoms with Crippen molar-refractivity contribution in [3.63, 3.8) is 0 Å². The Morgan fingerprint density at radius 2 is 2.13 bits per heavy atom. The summed E-state index contributed by atoms with van der Waals surface area (Å²) >= 11 is 0. The van der Waals surface area contributed by atoms with Gasteiger partial charge in [0.15, 0.2) is 0 Å². The van der Waals surface area contributed by atoms with E-state index in [1.165, 1.54) is 0 Å². The minimum Gasteiger partial charge on any atom is -0.390 e. The lowest BCUT2D eigenvalue weighted by Crippen LogP contribution is -2.41.